The van der Waals surface area contributed by atoms with Gasteiger partial charge in [0.1, 0.15) is 5.82 Å². The van der Waals surface area contributed by atoms with Crippen molar-refractivity contribution in [3.8, 4) is 0 Å². The smallest absolute Gasteiger partial charge is 0.741 e. The van der Waals surface area contributed by atoms with Gasteiger partial charge in [0.25, 0.3) is 0 Å². The molecule has 3 N–H and O–H groups in total. The van der Waals surface area contributed by atoms with Gasteiger partial charge in [0.15, 0.2) is 0 Å². The Morgan fingerprint density at radius 1 is 1.15 bits per heavy atom. The fourth-order valence-corrected chi connectivity index (χ4v) is 1.99. The molecule has 0 aliphatic heterocycles. The number of nitrogens with zero attached hydrogens (tertiary/aromatic N) is 1. The largest absolute Gasteiger partial charge is 2.00 e. The van der Waals surface area contributed by atoms with Crippen molar-refractivity contribution in [2.45, 2.75) is 0 Å². The van der Waals surface area contributed by atoms with E-state index < -0.39 is 0 Å². The zero-order valence-electron chi connectivity index (χ0n) is 13.8. The third-order valence-corrected chi connectivity index (χ3v) is 3.22. The molecule has 0 aromatic heterocycles. The predicted molar refractivity (Wildman–Crippen MR) is 105 cm³/mol. The van der Waals surface area contributed by atoms with Crippen LogP contribution in [0.25, 0.3) is 5.70 Å². The Bertz CT molecular complexity index is 723. The molecule has 0 unspecified atom stereocenters. The van der Waals surface area contributed by atoms with Crippen molar-refractivity contribution >= 4 is 23.5 Å². The van der Waals surface area contributed by atoms with Crippen molar-refractivity contribution in [1.29, 1.82) is 0 Å². The van der Waals surface area contributed by atoms with E-state index in [4.69, 9.17) is 18.4 Å². The maximum Gasteiger partial charge on any atom is 2.00 e. The number of hydrogen-bond acceptors (Lipinski definition) is 3. The molecule has 3 nitrogen and oxygen atoms in total. The number of benzene rings is 1. The molecule has 2 radical (unpaired) electrons. The summed E-state index contributed by atoms with van der Waals surface area (Å²) in [6, 6.07) is 6.08. The van der Waals surface area contributed by atoms with Gasteiger partial charge in [-0.2, -0.15) is 5.10 Å². The summed E-state index contributed by atoms with van der Waals surface area (Å²) in [6.07, 6.45) is 21.6. The number of nitrogens with two attached hydrogens (primary N) is 1. The van der Waals surface area contributed by atoms with Crippen LogP contribution >= 0.6 is 0 Å². The van der Waals surface area contributed by atoms with Gasteiger partial charge in [-0.3, -0.25) is 5.43 Å². The molecule has 1 aromatic rings. The number of rotatable bonds is 4. The number of hydrazone groups is 1. The summed E-state index contributed by atoms with van der Waals surface area (Å²) in [5.74, 6) is -0.292. The molecule has 2 aliphatic rings. The summed E-state index contributed by atoms with van der Waals surface area (Å²) in [7, 11) is 0. The van der Waals surface area contributed by atoms with Gasteiger partial charge in [-0.25, -0.2) is 23.0 Å². The van der Waals surface area contributed by atoms with Gasteiger partial charge in [0.05, 0.1) is 5.70 Å². The van der Waals surface area contributed by atoms with Crippen LogP contribution in [0.1, 0.15) is 5.56 Å². The monoisotopic (exact) mass is 407 g/mol. The van der Waals surface area contributed by atoms with Gasteiger partial charge in [0.2, 0.25) is 0 Å². The van der Waals surface area contributed by atoms with Crippen LogP contribution in [-0.2, 0) is 29.7 Å². The number of nitrogens with one attached hydrogen (secondary N) is 1. The maximum absolute atomic E-state index is 13.0. The van der Waals surface area contributed by atoms with Crippen molar-refractivity contribution < 1.29 is 21.5 Å². The van der Waals surface area contributed by atoms with E-state index in [0.29, 0.717) is 5.70 Å². The molecule has 0 bridgehead atoms. The van der Waals surface area contributed by atoms with E-state index in [0.717, 1.165) is 11.1 Å². The molecular formula is C20H18FFeN3S. The Labute approximate surface area is 170 Å². The number of amidine groups is 1. The fraction of sp³-hybridized carbons (Fsp3) is 0. The average molecular weight is 407 g/mol. The number of hydrogen-bond donors (Lipinski definition) is 2. The minimum Gasteiger partial charge on any atom is -0.741 e. The van der Waals surface area contributed by atoms with E-state index >= 15 is 0 Å². The van der Waals surface area contributed by atoms with Crippen molar-refractivity contribution in [1.82, 2.24) is 5.43 Å². The summed E-state index contributed by atoms with van der Waals surface area (Å²) in [6.45, 7) is 0. The second kappa shape index (κ2) is 12.1. The Balaban J connectivity index is 0.000000486. The maximum atomic E-state index is 13.0. The second-order valence-electron chi connectivity index (χ2n) is 5.00. The van der Waals surface area contributed by atoms with Crippen molar-refractivity contribution in [2.24, 2.45) is 10.8 Å². The topological polar surface area (TPSA) is 50.4 Å². The van der Waals surface area contributed by atoms with Crippen LogP contribution < -0.4 is 11.2 Å². The van der Waals surface area contributed by atoms with Crippen LogP contribution in [0.2, 0.25) is 0 Å². The molecule has 0 amide bonds. The molecule has 134 valence electrons. The molecular weight excluding hydrogens is 389 g/mol. The quantitative estimate of drug-likeness (QED) is 0.200. The first kappa shape index (κ1) is 21.8. The first-order valence-corrected chi connectivity index (χ1v) is 8.01. The normalized spacial score (nSPS) is 15.0. The Morgan fingerprint density at radius 3 is 2.35 bits per heavy atom. The molecule has 0 saturated heterocycles. The zero-order chi connectivity index (χ0) is 17.9. The van der Waals surface area contributed by atoms with Gasteiger partial charge < -0.3 is 18.4 Å². The predicted octanol–water partition coefficient (Wildman–Crippen LogP) is 3.75. The van der Waals surface area contributed by atoms with Gasteiger partial charge in [0, 0.05) is 0 Å². The van der Waals surface area contributed by atoms with E-state index in [1.54, 1.807) is 12.1 Å². The van der Waals surface area contributed by atoms with E-state index in [-0.39, 0.29) is 28.1 Å². The summed E-state index contributed by atoms with van der Waals surface area (Å²) in [5, 5.41) is 3.81. The van der Waals surface area contributed by atoms with Crippen LogP contribution in [0.3, 0.4) is 0 Å². The molecule has 0 fully saturated rings. The summed E-state index contributed by atoms with van der Waals surface area (Å²) in [5.41, 5.74) is 10.6. The van der Waals surface area contributed by atoms with E-state index in [1.807, 2.05) is 67.9 Å². The summed E-state index contributed by atoms with van der Waals surface area (Å²) >= 11 is 4.70. The third kappa shape index (κ3) is 8.21. The van der Waals surface area contributed by atoms with E-state index in [1.165, 1.54) is 12.1 Å². The Kier molecular flexibility index (Phi) is 10.2. The van der Waals surface area contributed by atoms with Crippen molar-refractivity contribution in [3.05, 3.63) is 109 Å². The SMILES string of the molecule is N/C([S-])=N\N/C(=C\C=C1C=CC=C1)c1ccc(F)cc1.[CH]1[CH][CH-]C=C1.[Fe+2]. The van der Waals surface area contributed by atoms with Crippen LogP contribution in [-0.4, -0.2) is 5.17 Å². The van der Waals surface area contributed by atoms with Crippen LogP contribution in [0.15, 0.2) is 83.5 Å². The summed E-state index contributed by atoms with van der Waals surface area (Å²) in [4.78, 5) is 0. The van der Waals surface area contributed by atoms with Gasteiger partial charge in [-0.05, 0) is 46.6 Å². The zero-order valence-corrected chi connectivity index (χ0v) is 15.7. The molecule has 2 aliphatic carbocycles. The first-order valence-electron chi connectivity index (χ1n) is 7.61. The van der Waals surface area contributed by atoms with Gasteiger partial charge in [-0.15, -0.1) is 12.8 Å². The molecule has 3 rings (SSSR count). The van der Waals surface area contributed by atoms with Gasteiger partial charge >= 0.3 is 17.1 Å². The van der Waals surface area contributed by atoms with Crippen LogP contribution in [0.4, 0.5) is 4.39 Å². The fourth-order valence-electron chi connectivity index (χ4n) is 1.94. The molecule has 1 aromatic carbocycles. The molecule has 26 heavy (non-hydrogen) atoms. The van der Waals surface area contributed by atoms with Gasteiger partial charge in [-0.1, -0.05) is 30.4 Å². The molecule has 0 heterocycles. The first-order chi connectivity index (χ1) is 12.1. The summed E-state index contributed by atoms with van der Waals surface area (Å²) < 4.78 is 13.0. The number of halogens is 1. The third-order valence-electron chi connectivity index (χ3n) is 3.13. The molecule has 0 atom stereocenters. The van der Waals surface area contributed by atoms with Crippen molar-refractivity contribution in [3.63, 3.8) is 0 Å². The van der Waals surface area contributed by atoms with E-state index in [2.05, 4.69) is 10.5 Å². The standard InChI is InChI=1S/C15H14FN3S.C5H5.Fe/c16-13-8-6-12(7-9-13)14(18-19-15(17)20)10-5-11-3-1-2-4-11;1-2-4-5-3-1;/h1-10,18H,(H3,17,19,20);1-5H;/q;-1;+2/p-1/b14-10-;;. The minimum atomic E-state index is -0.292. The molecule has 6 heteroatoms. The van der Waals surface area contributed by atoms with E-state index in [9.17, 15) is 4.39 Å². The molecule has 0 spiro atoms. The average Bonchev–Trinajstić information content (AvgIpc) is 3.32. The van der Waals surface area contributed by atoms with Crippen LogP contribution in [0, 0.1) is 25.1 Å². The minimum absolute atomic E-state index is 0. The van der Waals surface area contributed by atoms with Crippen molar-refractivity contribution in [2.75, 3.05) is 0 Å². The second-order valence-corrected chi connectivity index (χ2v) is 5.41. The molecule has 0 saturated carbocycles. The Hall–Kier alpha value is -2.27. The number of allylic oxidation sites excluding steroid dienone is 9. The van der Waals surface area contributed by atoms with Crippen LogP contribution in [0.5, 0.6) is 0 Å². The Morgan fingerprint density at radius 2 is 1.85 bits per heavy atom.